The Kier molecular flexibility index (Phi) is 7.16. The van der Waals surface area contributed by atoms with Crippen LogP contribution in [0.1, 0.15) is 82.8 Å². The maximum absolute atomic E-state index is 11.3. The summed E-state index contributed by atoms with van der Waals surface area (Å²) in [7, 11) is 0. The first-order valence-electron chi connectivity index (χ1n) is 10.9. The second-order valence-electron chi connectivity index (χ2n) is 8.61. The number of Topliss-reactive ketones (excluding diaryl/α,β-unsaturated/α-hetero) is 1. The molecule has 0 heterocycles. The van der Waals surface area contributed by atoms with Gasteiger partial charge < -0.3 is 4.74 Å². The second-order valence-corrected chi connectivity index (χ2v) is 8.61. The Balaban J connectivity index is 1.55. The van der Waals surface area contributed by atoms with E-state index in [0.29, 0.717) is 0 Å². The van der Waals surface area contributed by atoms with Gasteiger partial charge in [0.25, 0.3) is 0 Å². The number of benzene rings is 1. The molecule has 0 bridgehead atoms. The molecule has 0 aromatic heterocycles. The maximum atomic E-state index is 11.3. The van der Waals surface area contributed by atoms with Gasteiger partial charge >= 0.3 is 0 Å². The standard InChI is InChI=1S/C24H36O2/c1-3-4-5-6-7-8-10-19-13-14-21-16-23-20(15-22(19)21)11-9-12-24(23)26-17-18(2)25/h9,11-12,19,21-22H,3-8,10,13-17H2,1-2H3/t19-,21+,22+/m0/s1. The molecule has 2 nitrogen and oxygen atoms in total. The van der Waals surface area contributed by atoms with Crippen molar-refractivity contribution in [3.05, 3.63) is 29.3 Å². The van der Waals surface area contributed by atoms with Crippen molar-refractivity contribution in [3.8, 4) is 5.75 Å². The van der Waals surface area contributed by atoms with Crippen LogP contribution in [0.2, 0.25) is 0 Å². The van der Waals surface area contributed by atoms with E-state index < -0.39 is 0 Å². The lowest BCUT2D eigenvalue weighted by Crippen LogP contribution is -2.25. The van der Waals surface area contributed by atoms with E-state index in [0.717, 1.165) is 29.9 Å². The van der Waals surface area contributed by atoms with Crippen LogP contribution in [0, 0.1) is 17.8 Å². The number of carbonyl (C=O) groups excluding carboxylic acids is 1. The third-order valence-corrected chi connectivity index (χ3v) is 6.63. The highest BCUT2D eigenvalue weighted by molar-refractivity contribution is 5.77. The highest BCUT2D eigenvalue weighted by atomic mass is 16.5. The number of ether oxygens (including phenoxy) is 1. The van der Waals surface area contributed by atoms with Crippen molar-refractivity contribution in [2.24, 2.45) is 17.8 Å². The van der Waals surface area contributed by atoms with E-state index in [9.17, 15) is 4.79 Å². The zero-order chi connectivity index (χ0) is 18.4. The molecule has 144 valence electrons. The van der Waals surface area contributed by atoms with Gasteiger partial charge in [0.15, 0.2) is 5.78 Å². The smallest absolute Gasteiger partial charge is 0.167 e. The van der Waals surface area contributed by atoms with Gasteiger partial charge in [0.05, 0.1) is 0 Å². The van der Waals surface area contributed by atoms with E-state index in [2.05, 4.69) is 19.1 Å². The molecular weight excluding hydrogens is 320 g/mol. The molecule has 1 fully saturated rings. The van der Waals surface area contributed by atoms with Gasteiger partial charge in [-0.3, -0.25) is 4.79 Å². The molecule has 3 rings (SSSR count). The molecule has 0 saturated heterocycles. The molecular formula is C24H36O2. The van der Waals surface area contributed by atoms with Crippen molar-refractivity contribution in [3.63, 3.8) is 0 Å². The van der Waals surface area contributed by atoms with Gasteiger partial charge in [-0.1, -0.05) is 64.0 Å². The predicted molar refractivity (Wildman–Crippen MR) is 108 cm³/mol. The summed E-state index contributed by atoms with van der Waals surface area (Å²) in [5, 5.41) is 0. The molecule has 2 aliphatic carbocycles. The number of rotatable bonds is 10. The summed E-state index contributed by atoms with van der Waals surface area (Å²) >= 11 is 0. The average Bonchev–Trinajstić information content (AvgIpc) is 3.03. The van der Waals surface area contributed by atoms with Gasteiger partial charge in [0, 0.05) is 0 Å². The fourth-order valence-corrected chi connectivity index (χ4v) is 5.24. The second kappa shape index (κ2) is 9.58. The monoisotopic (exact) mass is 356 g/mol. The van der Waals surface area contributed by atoms with Crippen LogP contribution < -0.4 is 4.74 Å². The molecule has 2 heteroatoms. The van der Waals surface area contributed by atoms with Crippen LogP contribution in [0.3, 0.4) is 0 Å². The van der Waals surface area contributed by atoms with Gasteiger partial charge in [-0.05, 0) is 67.6 Å². The lowest BCUT2D eigenvalue weighted by atomic mass is 9.73. The van der Waals surface area contributed by atoms with Gasteiger partial charge in [-0.2, -0.15) is 0 Å². The molecule has 0 aliphatic heterocycles. The zero-order valence-electron chi connectivity index (χ0n) is 16.8. The van der Waals surface area contributed by atoms with Crippen LogP contribution in [0.25, 0.3) is 0 Å². The minimum atomic E-state index is 0.0937. The van der Waals surface area contributed by atoms with Crippen molar-refractivity contribution in [2.45, 2.75) is 84.5 Å². The molecule has 1 aromatic carbocycles. The Labute approximate surface area is 159 Å². The number of hydrogen-bond acceptors (Lipinski definition) is 2. The molecule has 1 aromatic rings. The molecule has 3 atom stereocenters. The van der Waals surface area contributed by atoms with Gasteiger partial charge in [-0.25, -0.2) is 0 Å². The predicted octanol–water partition coefficient (Wildman–Crippen LogP) is 6.15. The number of ketones is 1. The van der Waals surface area contributed by atoms with E-state index in [1.807, 2.05) is 6.07 Å². The SMILES string of the molecule is CCCCCCCC[C@H]1CC[C@@H]2Cc3c(cccc3OCC(C)=O)C[C@H]12. The summed E-state index contributed by atoms with van der Waals surface area (Å²) in [5.74, 6) is 3.68. The maximum Gasteiger partial charge on any atom is 0.167 e. The fraction of sp³-hybridized carbons (Fsp3) is 0.708. The van der Waals surface area contributed by atoms with Crippen molar-refractivity contribution in [2.75, 3.05) is 6.61 Å². The van der Waals surface area contributed by atoms with Crippen molar-refractivity contribution >= 4 is 5.78 Å². The van der Waals surface area contributed by atoms with Crippen LogP contribution in [0.4, 0.5) is 0 Å². The molecule has 0 unspecified atom stereocenters. The van der Waals surface area contributed by atoms with Crippen molar-refractivity contribution in [1.29, 1.82) is 0 Å². The molecule has 1 saturated carbocycles. The molecule has 26 heavy (non-hydrogen) atoms. The van der Waals surface area contributed by atoms with Crippen LogP contribution in [0.5, 0.6) is 5.75 Å². The Hall–Kier alpha value is -1.31. The Morgan fingerprint density at radius 2 is 1.88 bits per heavy atom. The number of fused-ring (bicyclic) bond motifs is 2. The Morgan fingerprint density at radius 1 is 1.08 bits per heavy atom. The number of hydrogen-bond donors (Lipinski definition) is 0. The third kappa shape index (κ3) is 4.90. The molecule has 0 amide bonds. The first-order valence-corrected chi connectivity index (χ1v) is 10.9. The van der Waals surface area contributed by atoms with Crippen LogP contribution in [0.15, 0.2) is 18.2 Å². The normalized spacial score (nSPS) is 24.2. The summed E-state index contributed by atoms with van der Waals surface area (Å²) in [6.07, 6.45) is 15.0. The van der Waals surface area contributed by atoms with E-state index in [1.165, 1.54) is 75.3 Å². The average molecular weight is 357 g/mol. The Morgan fingerprint density at radius 3 is 2.69 bits per heavy atom. The topological polar surface area (TPSA) is 26.3 Å². The number of carbonyl (C=O) groups is 1. The molecule has 0 radical (unpaired) electrons. The summed E-state index contributed by atoms with van der Waals surface area (Å²) in [6, 6.07) is 6.43. The summed E-state index contributed by atoms with van der Waals surface area (Å²) in [6.45, 7) is 4.08. The highest BCUT2D eigenvalue weighted by Crippen LogP contribution is 2.48. The first kappa shape index (κ1) is 19.5. The zero-order valence-corrected chi connectivity index (χ0v) is 16.8. The first-order chi connectivity index (χ1) is 12.7. The van der Waals surface area contributed by atoms with Crippen molar-refractivity contribution < 1.29 is 9.53 Å². The molecule has 0 N–H and O–H groups in total. The molecule has 2 aliphatic rings. The summed E-state index contributed by atoms with van der Waals surface area (Å²) in [5.41, 5.74) is 2.86. The van der Waals surface area contributed by atoms with E-state index in [-0.39, 0.29) is 12.4 Å². The minimum absolute atomic E-state index is 0.0937. The quantitative estimate of drug-likeness (QED) is 0.470. The summed E-state index contributed by atoms with van der Waals surface area (Å²) in [4.78, 5) is 11.3. The van der Waals surface area contributed by atoms with E-state index in [1.54, 1.807) is 6.92 Å². The third-order valence-electron chi connectivity index (χ3n) is 6.63. The highest BCUT2D eigenvalue weighted by Gasteiger charge is 2.39. The minimum Gasteiger partial charge on any atom is -0.486 e. The van der Waals surface area contributed by atoms with Crippen LogP contribution in [-0.2, 0) is 17.6 Å². The lowest BCUT2D eigenvalue weighted by Gasteiger charge is -2.32. The van der Waals surface area contributed by atoms with E-state index >= 15 is 0 Å². The largest absolute Gasteiger partial charge is 0.486 e. The fourth-order valence-electron chi connectivity index (χ4n) is 5.24. The van der Waals surface area contributed by atoms with E-state index in [4.69, 9.17) is 4.74 Å². The van der Waals surface area contributed by atoms with Crippen LogP contribution in [-0.4, -0.2) is 12.4 Å². The summed E-state index contributed by atoms with van der Waals surface area (Å²) < 4.78 is 5.80. The van der Waals surface area contributed by atoms with Gasteiger partial charge in [0.2, 0.25) is 0 Å². The number of unbranched alkanes of at least 4 members (excludes halogenated alkanes) is 5. The lowest BCUT2D eigenvalue weighted by molar-refractivity contribution is -0.118. The van der Waals surface area contributed by atoms with Gasteiger partial charge in [-0.15, -0.1) is 0 Å². The Bertz CT molecular complexity index is 592. The van der Waals surface area contributed by atoms with Crippen molar-refractivity contribution in [1.82, 2.24) is 0 Å². The van der Waals surface area contributed by atoms with Gasteiger partial charge in [0.1, 0.15) is 12.4 Å². The molecule has 0 spiro atoms. The van der Waals surface area contributed by atoms with Crippen LogP contribution >= 0.6 is 0 Å².